The van der Waals surface area contributed by atoms with E-state index in [1.165, 1.54) is 12.1 Å². The van der Waals surface area contributed by atoms with Crippen LogP contribution in [-0.4, -0.2) is 86.9 Å². The lowest BCUT2D eigenvalue weighted by Crippen LogP contribution is -2.51. The molecule has 248 valence electrons. The van der Waals surface area contributed by atoms with E-state index in [1.54, 1.807) is 24.0 Å². The van der Waals surface area contributed by atoms with Crippen LogP contribution in [0.25, 0.3) is 22.2 Å². The largest absolute Gasteiger partial charge is 0.416 e. The standard InChI is InChI=1S/C33H39F3N10O/c1-44-18-25-6-7-26(19-44)46(25)17-21-3-5-24(14-27(21)33(34,35)36)40-32(47)42-30-15-29(45(2)43-30)20-4-8-28-22(13-20)16-38-31(41-28)39-23-9-11-37-12-10-23/h3-5,8,13-16,23,25-26,37H,6-7,9-12,17-19H2,1-2H3,(H,38,39,41)(H2,40,42,43,47). The Kier molecular flexibility index (Phi) is 8.49. The number of aromatic nitrogens is 4. The number of hydrogen-bond acceptors (Lipinski definition) is 8. The molecular formula is C33H39F3N10O. The van der Waals surface area contributed by atoms with Crippen LogP contribution >= 0.6 is 0 Å². The lowest BCUT2D eigenvalue weighted by molar-refractivity contribution is -0.138. The number of piperidine rings is 1. The minimum Gasteiger partial charge on any atom is -0.351 e. The zero-order valence-corrected chi connectivity index (χ0v) is 26.4. The number of halogens is 3. The zero-order valence-electron chi connectivity index (χ0n) is 26.4. The van der Waals surface area contributed by atoms with Crippen LogP contribution in [0.5, 0.6) is 0 Å². The van der Waals surface area contributed by atoms with E-state index in [9.17, 15) is 18.0 Å². The van der Waals surface area contributed by atoms with Gasteiger partial charge in [-0.25, -0.2) is 14.8 Å². The number of nitrogens with one attached hydrogen (secondary N) is 4. The number of likely N-dealkylation sites (N-methyl/N-ethyl adjacent to an activating group) is 1. The highest BCUT2D eigenvalue weighted by molar-refractivity contribution is 5.99. The molecule has 4 aromatic rings. The second-order valence-corrected chi connectivity index (χ2v) is 12.9. The smallest absolute Gasteiger partial charge is 0.351 e. The highest BCUT2D eigenvalue weighted by Gasteiger charge is 2.40. The maximum atomic E-state index is 14.2. The van der Waals surface area contributed by atoms with Crippen LogP contribution in [0.15, 0.2) is 48.7 Å². The number of piperazine rings is 1. The van der Waals surface area contributed by atoms with Crippen molar-refractivity contribution in [1.82, 2.24) is 34.9 Å². The molecule has 0 saturated carbocycles. The van der Waals surface area contributed by atoms with Crippen molar-refractivity contribution in [1.29, 1.82) is 0 Å². The van der Waals surface area contributed by atoms with Crippen LogP contribution in [0, 0.1) is 0 Å². The number of amides is 2. The summed E-state index contributed by atoms with van der Waals surface area (Å²) in [7, 11) is 3.81. The first kappa shape index (κ1) is 31.3. The lowest BCUT2D eigenvalue weighted by Gasteiger charge is -2.39. The highest BCUT2D eigenvalue weighted by Crippen LogP contribution is 2.37. The van der Waals surface area contributed by atoms with Crippen molar-refractivity contribution in [3.05, 3.63) is 59.8 Å². The Labute approximate surface area is 270 Å². The van der Waals surface area contributed by atoms with Gasteiger partial charge in [0.1, 0.15) is 0 Å². The molecule has 4 N–H and O–H groups in total. The van der Waals surface area contributed by atoms with Gasteiger partial charge in [0.05, 0.1) is 16.8 Å². The number of hydrogen-bond donors (Lipinski definition) is 4. The van der Waals surface area contributed by atoms with E-state index >= 15 is 0 Å². The van der Waals surface area contributed by atoms with Gasteiger partial charge in [0, 0.05) is 73.7 Å². The minimum absolute atomic E-state index is 0.0552. The predicted octanol–water partition coefficient (Wildman–Crippen LogP) is 5.14. The molecule has 2 aromatic carbocycles. The SMILES string of the molecule is CN1CC2CCC(C1)N2Cc1ccc(NC(=O)Nc2cc(-c3ccc4nc(NC5CCNCC5)ncc4c3)n(C)n2)cc1C(F)(F)F. The first-order valence-corrected chi connectivity index (χ1v) is 16.1. The van der Waals surface area contributed by atoms with E-state index in [1.807, 2.05) is 18.2 Å². The van der Waals surface area contributed by atoms with Gasteiger partial charge in [-0.2, -0.15) is 18.3 Å². The van der Waals surface area contributed by atoms with Gasteiger partial charge in [-0.1, -0.05) is 12.1 Å². The lowest BCUT2D eigenvalue weighted by atomic mass is 10.0. The molecule has 11 nitrogen and oxygen atoms in total. The highest BCUT2D eigenvalue weighted by atomic mass is 19.4. The zero-order chi connectivity index (χ0) is 32.7. The van der Waals surface area contributed by atoms with Gasteiger partial charge in [0.2, 0.25) is 5.95 Å². The fraction of sp³-hybridized carbons (Fsp3) is 0.455. The van der Waals surface area contributed by atoms with Crippen LogP contribution in [0.2, 0.25) is 0 Å². The molecule has 3 fully saturated rings. The maximum Gasteiger partial charge on any atom is 0.416 e. The average Bonchev–Trinajstić information content (AvgIpc) is 3.51. The molecule has 3 aliphatic rings. The Hall–Kier alpha value is -4.27. The van der Waals surface area contributed by atoms with Crippen molar-refractivity contribution in [2.24, 2.45) is 7.05 Å². The van der Waals surface area contributed by atoms with Crippen molar-refractivity contribution in [2.75, 3.05) is 49.2 Å². The fourth-order valence-electron chi connectivity index (χ4n) is 7.20. The van der Waals surface area contributed by atoms with Gasteiger partial charge in [-0.05, 0) is 75.6 Å². The van der Waals surface area contributed by atoms with Gasteiger partial charge in [-0.3, -0.25) is 14.9 Å². The summed E-state index contributed by atoms with van der Waals surface area (Å²) in [4.78, 5) is 26.5. The number of carbonyl (C=O) groups excluding carboxylic acids is 1. The van der Waals surface area contributed by atoms with Gasteiger partial charge >= 0.3 is 12.2 Å². The fourth-order valence-corrected chi connectivity index (χ4v) is 7.20. The average molecular weight is 649 g/mol. The summed E-state index contributed by atoms with van der Waals surface area (Å²) in [6, 6.07) is 11.7. The molecule has 0 spiro atoms. The minimum atomic E-state index is -4.55. The van der Waals surface area contributed by atoms with E-state index in [0.29, 0.717) is 12.0 Å². The van der Waals surface area contributed by atoms with E-state index in [0.717, 1.165) is 80.1 Å². The summed E-state index contributed by atoms with van der Waals surface area (Å²) in [6.07, 6.45) is 1.27. The maximum absolute atomic E-state index is 14.2. The van der Waals surface area contributed by atoms with Crippen molar-refractivity contribution in [3.63, 3.8) is 0 Å². The van der Waals surface area contributed by atoms with Crippen LogP contribution in [0.4, 0.5) is 35.4 Å². The van der Waals surface area contributed by atoms with Crippen molar-refractivity contribution < 1.29 is 18.0 Å². The summed E-state index contributed by atoms with van der Waals surface area (Å²) in [5.74, 6) is 0.866. The molecule has 5 heterocycles. The van der Waals surface area contributed by atoms with Crippen LogP contribution in [0.3, 0.4) is 0 Å². The summed E-state index contributed by atoms with van der Waals surface area (Å²) in [5.41, 5.74) is 1.93. The quantitative estimate of drug-likeness (QED) is 0.218. The van der Waals surface area contributed by atoms with E-state index in [-0.39, 0.29) is 35.7 Å². The third kappa shape index (κ3) is 6.90. The molecule has 3 saturated heterocycles. The third-order valence-electron chi connectivity index (χ3n) is 9.51. The first-order chi connectivity index (χ1) is 22.6. The topological polar surface area (TPSA) is 115 Å². The molecule has 2 bridgehead atoms. The molecule has 2 atom stereocenters. The van der Waals surface area contributed by atoms with Gasteiger partial charge < -0.3 is 20.9 Å². The normalized spacial score (nSPS) is 20.9. The summed E-state index contributed by atoms with van der Waals surface area (Å²) in [6.45, 7) is 3.90. The second kappa shape index (κ2) is 12.7. The van der Waals surface area contributed by atoms with Crippen LogP contribution in [-0.2, 0) is 19.8 Å². The third-order valence-corrected chi connectivity index (χ3v) is 9.51. The Balaban J connectivity index is 1.02. The molecule has 0 aliphatic carbocycles. The Bertz CT molecular complexity index is 1760. The molecule has 2 unspecified atom stereocenters. The number of nitrogens with zero attached hydrogens (tertiary/aromatic N) is 6. The summed E-state index contributed by atoms with van der Waals surface area (Å²) in [5, 5.41) is 17.2. The number of anilines is 3. The monoisotopic (exact) mass is 648 g/mol. The van der Waals surface area contributed by atoms with Crippen LogP contribution < -0.4 is 21.3 Å². The molecule has 2 amide bonds. The van der Waals surface area contributed by atoms with Crippen LogP contribution in [0.1, 0.15) is 36.8 Å². The summed E-state index contributed by atoms with van der Waals surface area (Å²) < 4.78 is 44.2. The number of likely N-dealkylation sites (tertiary alicyclic amines) is 1. The second-order valence-electron chi connectivity index (χ2n) is 12.9. The number of fused-ring (bicyclic) bond motifs is 3. The predicted molar refractivity (Wildman–Crippen MR) is 175 cm³/mol. The number of rotatable bonds is 7. The number of carbonyl (C=O) groups is 1. The van der Waals surface area contributed by atoms with Gasteiger partial charge in [-0.15, -0.1) is 0 Å². The van der Waals surface area contributed by atoms with Crippen molar-refractivity contribution >= 4 is 34.4 Å². The first-order valence-electron chi connectivity index (χ1n) is 16.1. The van der Waals surface area contributed by atoms with Gasteiger partial charge in [0.25, 0.3) is 0 Å². The molecule has 14 heteroatoms. The Morgan fingerprint density at radius 2 is 1.74 bits per heavy atom. The Morgan fingerprint density at radius 1 is 0.979 bits per heavy atom. The molecule has 3 aliphatic heterocycles. The van der Waals surface area contributed by atoms with Crippen molar-refractivity contribution in [2.45, 2.75) is 56.5 Å². The van der Waals surface area contributed by atoms with E-state index in [4.69, 9.17) is 0 Å². The molecule has 47 heavy (non-hydrogen) atoms. The van der Waals surface area contributed by atoms with E-state index < -0.39 is 17.8 Å². The summed E-state index contributed by atoms with van der Waals surface area (Å²) >= 11 is 0. The van der Waals surface area contributed by atoms with E-state index in [2.05, 4.69) is 53.2 Å². The Morgan fingerprint density at radius 3 is 2.49 bits per heavy atom. The number of aryl methyl sites for hydroxylation is 1. The molecular weight excluding hydrogens is 609 g/mol. The number of benzene rings is 2. The number of alkyl halides is 3. The molecule has 0 radical (unpaired) electrons. The van der Waals surface area contributed by atoms with Crippen molar-refractivity contribution in [3.8, 4) is 11.3 Å². The van der Waals surface area contributed by atoms with Gasteiger partial charge in [0.15, 0.2) is 5.82 Å². The molecule has 7 rings (SSSR count). The number of urea groups is 1. The molecule has 2 aromatic heterocycles.